The van der Waals surface area contributed by atoms with E-state index in [2.05, 4.69) is 20.7 Å². The molecule has 0 aromatic carbocycles. The first-order valence-corrected chi connectivity index (χ1v) is 4.06. The van der Waals surface area contributed by atoms with Crippen LogP contribution in [0.4, 0.5) is 0 Å². The molecule has 3 N–H and O–H groups in total. The Morgan fingerprint density at radius 1 is 1.46 bits per heavy atom. The van der Waals surface area contributed by atoms with E-state index in [0.29, 0.717) is 12.2 Å². The first-order chi connectivity index (χ1) is 6.31. The van der Waals surface area contributed by atoms with E-state index in [1.54, 1.807) is 6.08 Å². The van der Waals surface area contributed by atoms with Gasteiger partial charge in [-0.25, -0.2) is 4.79 Å². The van der Waals surface area contributed by atoms with Crippen LogP contribution < -0.4 is 16.0 Å². The summed E-state index contributed by atoms with van der Waals surface area (Å²) in [4.78, 5) is 11.1. The predicted octanol–water partition coefficient (Wildman–Crippen LogP) is -0.992. The van der Waals surface area contributed by atoms with Gasteiger partial charge in [-0.1, -0.05) is 0 Å². The van der Waals surface area contributed by atoms with Crippen LogP contribution in [0.1, 0.15) is 0 Å². The fourth-order valence-electron chi connectivity index (χ4n) is 1.36. The third-order valence-electron chi connectivity index (χ3n) is 2.06. The molecule has 0 aromatic rings. The number of esters is 1. The molecule has 0 aromatic heterocycles. The Labute approximate surface area is 75.8 Å². The molecule has 0 saturated heterocycles. The molecule has 0 aliphatic carbocycles. The van der Waals surface area contributed by atoms with Gasteiger partial charge in [-0.3, -0.25) is 0 Å². The number of dihydropyridines is 1. The van der Waals surface area contributed by atoms with Gasteiger partial charge in [-0.15, -0.1) is 0 Å². The first kappa shape index (κ1) is 7.97. The molecule has 2 aliphatic heterocycles. The van der Waals surface area contributed by atoms with Gasteiger partial charge in [0, 0.05) is 0 Å². The summed E-state index contributed by atoms with van der Waals surface area (Å²) in [6.45, 7) is 1.36. The minimum Gasteiger partial charge on any atom is -0.464 e. The number of carbonyl (C=O) groups excluding carboxylic acids is 1. The Hall–Kier alpha value is -1.65. The van der Waals surface area contributed by atoms with Crippen molar-refractivity contribution < 1.29 is 9.53 Å². The van der Waals surface area contributed by atoms with Crippen molar-refractivity contribution in [3.8, 4) is 0 Å². The quantitative estimate of drug-likeness (QED) is 0.453. The normalized spacial score (nSPS) is 19.3. The monoisotopic (exact) mass is 181 g/mol. The smallest absolute Gasteiger partial charge is 0.354 e. The summed E-state index contributed by atoms with van der Waals surface area (Å²) in [6, 6.07) is 0. The second kappa shape index (κ2) is 3.01. The van der Waals surface area contributed by atoms with Crippen molar-refractivity contribution in [3.63, 3.8) is 0 Å². The van der Waals surface area contributed by atoms with E-state index in [9.17, 15) is 4.79 Å². The van der Waals surface area contributed by atoms with Gasteiger partial charge < -0.3 is 20.7 Å². The van der Waals surface area contributed by atoms with Crippen LogP contribution in [0, 0.1) is 0 Å². The highest BCUT2D eigenvalue weighted by molar-refractivity contribution is 5.88. The maximum atomic E-state index is 11.1. The van der Waals surface area contributed by atoms with Gasteiger partial charge in [-0.2, -0.15) is 0 Å². The SMILES string of the molecule is COC(=O)C1=CC2=C(CN1)NCN2. The summed E-state index contributed by atoms with van der Waals surface area (Å²) in [5, 5.41) is 9.22. The molecule has 0 unspecified atom stereocenters. The number of ether oxygens (including phenoxy) is 1. The third-order valence-corrected chi connectivity index (χ3v) is 2.06. The highest BCUT2D eigenvalue weighted by atomic mass is 16.5. The summed E-state index contributed by atoms with van der Waals surface area (Å²) in [5.74, 6) is -0.333. The van der Waals surface area contributed by atoms with Gasteiger partial charge in [0.1, 0.15) is 5.70 Å². The highest BCUT2D eigenvalue weighted by Crippen LogP contribution is 2.12. The van der Waals surface area contributed by atoms with E-state index < -0.39 is 0 Å². The average Bonchev–Trinajstić information content (AvgIpc) is 2.63. The van der Waals surface area contributed by atoms with E-state index in [4.69, 9.17) is 0 Å². The fourth-order valence-corrected chi connectivity index (χ4v) is 1.36. The number of hydrogen-bond acceptors (Lipinski definition) is 5. The van der Waals surface area contributed by atoms with Gasteiger partial charge in [-0.05, 0) is 6.08 Å². The van der Waals surface area contributed by atoms with Gasteiger partial charge >= 0.3 is 5.97 Å². The Kier molecular flexibility index (Phi) is 1.84. The zero-order valence-electron chi connectivity index (χ0n) is 7.31. The maximum absolute atomic E-state index is 11.1. The topological polar surface area (TPSA) is 62.4 Å². The van der Waals surface area contributed by atoms with Crippen molar-refractivity contribution in [2.45, 2.75) is 0 Å². The van der Waals surface area contributed by atoms with E-state index >= 15 is 0 Å². The minimum atomic E-state index is -0.333. The molecule has 70 valence electrons. The standard InChI is InChI=1S/C8H11N3O2/c1-13-8(12)6-2-5-7(3-9-6)11-4-10-5/h2,9-11H,3-4H2,1H3. The summed E-state index contributed by atoms with van der Waals surface area (Å²) in [6.07, 6.45) is 1.75. The zero-order chi connectivity index (χ0) is 9.26. The van der Waals surface area contributed by atoms with Crippen molar-refractivity contribution in [2.24, 2.45) is 0 Å². The van der Waals surface area contributed by atoms with Crippen LogP contribution >= 0.6 is 0 Å². The lowest BCUT2D eigenvalue weighted by Crippen LogP contribution is -2.29. The molecule has 2 aliphatic rings. The number of carbonyl (C=O) groups is 1. The molecule has 5 nitrogen and oxygen atoms in total. The molecule has 0 fully saturated rings. The van der Waals surface area contributed by atoms with Crippen LogP contribution in [0.15, 0.2) is 23.2 Å². The third kappa shape index (κ3) is 1.32. The molecule has 0 radical (unpaired) electrons. The van der Waals surface area contributed by atoms with Crippen LogP contribution in [0.2, 0.25) is 0 Å². The zero-order valence-corrected chi connectivity index (χ0v) is 7.31. The summed E-state index contributed by atoms with van der Waals surface area (Å²) < 4.78 is 4.60. The van der Waals surface area contributed by atoms with Crippen molar-refractivity contribution in [1.29, 1.82) is 0 Å². The Bertz CT molecular complexity index is 307. The van der Waals surface area contributed by atoms with Crippen LogP contribution in [-0.4, -0.2) is 26.3 Å². The number of methoxy groups -OCH3 is 1. The van der Waals surface area contributed by atoms with Crippen molar-refractivity contribution in [3.05, 3.63) is 23.2 Å². The van der Waals surface area contributed by atoms with Crippen LogP contribution in [0.3, 0.4) is 0 Å². The molecule has 0 amide bonds. The lowest BCUT2D eigenvalue weighted by atomic mass is 10.2. The van der Waals surface area contributed by atoms with Gasteiger partial charge in [0.2, 0.25) is 0 Å². The molecular weight excluding hydrogens is 170 g/mol. The predicted molar refractivity (Wildman–Crippen MR) is 46.3 cm³/mol. The highest BCUT2D eigenvalue weighted by Gasteiger charge is 2.20. The molecule has 0 atom stereocenters. The van der Waals surface area contributed by atoms with Crippen molar-refractivity contribution in [1.82, 2.24) is 16.0 Å². The van der Waals surface area contributed by atoms with Gasteiger partial charge in [0.25, 0.3) is 0 Å². The number of rotatable bonds is 1. The Morgan fingerprint density at radius 2 is 2.31 bits per heavy atom. The van der Waals surface area contributed by atoms with Gasteiger partial charge in [0.15, 0.2) is 0 Å². The molecular formula is C8H11N3O2. The van der Waals surface area contributed by atoms with Crippen LogP contribution in [0.5, 0.6) is 0 Å². The summed E-state index contributed by atoms with van der Waals surface area (Å²) in [7, 11) is 1.37. The molecule has 0 saturated carbocycles. The molecule has 5 heteroatoms. The van der Waals surface area contributed by atoms with Gasteiger partial charge in [0.05, 0.1) is 31.7 Å². The minimum absolute atomic E-state index is 0.333. The van der Waals surface area contributed by atoms with E-state index in [1.807, 2.05) is 0 Å². The fraction of sp³-hybridized carbons (Fsp3) is 0.375. The number of nitrogens with one attached hydrogen (secondary N) is 3. The Morgan fingerprint density at radius 3 is 3.08 bits per heavy atom. The summed E-state index contributed by atoms with van der Waals surface area (Å²) in [5.41, 5.74) is 2.56. The van der Waals surface area contributed by atoms with E-state index in [-0.39, 0.29) is 5.97 Å². The molecule has 2 rings (SSSR count). The van der Waals surface area contributed by atoms with Crippen molar-refractivity contribution in [2.75, 3.05) is 20.3 Å². The lowest BCUT2D eigenvalue weighted by molar-refractivity contribution is -0.136. The van der Waals surface area contributed by atoms with Crippen LogP contribution in [-0.2, 0) is 9.53 Å². The molecule has 13 heavy (non-hydrogen) atoms. The molecule has 0 spiro atoms. The van der Waals surface area contributed by atoms with Crippen LogP contribution in [0.25, 0.3) is 0 Å². The van der Waals surface area contributed by atoms with Crippen molar-refractivity contribution >= 4 is 5.97 Å². The number of hydrogen-bond donors (Lipinski definition) is 3. The first-order valence-electron chi connectivity index (χ1n) is 4.06. The molecule has 2 heterocycles. The maximum Gasteiger partial charge on any atom is 0.354 e. The lowest BCUT2D eigenvalue weighted by Gasteiger charge is -2.15. The molecule has 0 bridgehead atoms. The second-order valence-corrected chi connectivity index (χ2v) is 2.83. The second-order valence-electron chi connectivity index (χ2n) is 2.83. The van der Waals surface area contributed by atoms with E-state index in [0.717, 1.165) is 18.1 Å². The average molecular weight is 181 g/mol. The number of allylic oxidation sites excluding steroid dienone is 1. The summed E-state index contributed by atoms with van der Waals surface area (Å²) >= 11 is 0. The Balaban J connectivity index is 2.20. The largest absolute Gasteiger partial charge is 0.464 e. The van der Waals surface area contributed by atoms with E-state index in [1.165, 1.54) is 7.11 Å².